The van der Waals surface area contributed by atoms with Gasteiger partial charge < -0.3 is 33.8 Å². The lowest BCUT2D eigenvalue weighted by molar-refractivity contribution is -0.161. The van der Waals surface area contributed by atoms with Crippen LogP contribution in [0.25, 0.3) is 0 Å². The molecule has 0 rings (SSSR count). The Balaban J connectivity index is 5.22. The molecule has 0 aliphatic carbocycles. The van der Waals surface area contributed by atoms with Crippen molar-refractivity contribution in [3.8, 4) is 0 Å². The van der Waals surface area contributed by atoms with Crippen molar-refractivity contribution < 1.29 is 80.2 Å². The van der Waals surface area contributed by atoms with Gasteiger partial charge in [-0.15, -0.1) is 0 Å². The van der Waals surface area contributed by atoms with Crippen LogP contribution in [-0.4, -0.2) is 96.7 Å². The quantitative estimate of drug-likeness (QED) is 0.0222. The number of phosphoric acid groups is 2. The summed E-state index contributed by atoms with van der Waals surface area (Å²) in [6.45, 7) is 9.51. The van der Waals surface area contributed by atoms with Crippen LogP contribution in [0.4, 0.5) is 0 Å². The molecule has 0 aliphatic heterocycles. The molecule has 0 heterocycles. The predicted octanol–water partition coefficient (Wildman–Crippen LogP) is 20.8. The van der Waals surface area contributed by atoms with Crippen molar-refractivity contribution in [2.45, 2.75) is 387 Å². The Kier molecular flexibility index (Phi) is 62.7. The van der Waals surface area contributed by atoms with E-state index in [0.29, 0.717) is 25.7 Å². The van der Waals surface area contributed by atoms with Crippen LogP contribution < -0.4 is 0 Å². The number of phosphoric ester groups is 2. The van der Waals surface area contributed by atoms with Crippen LogP contribution in [0.5, 0.6) is 0 Å². The third-order valence-corrected chi connectivity index (χ3v) is 18.6. The first-order valence-electron chi connectivity index (χ1n) is 37.5. The maximum absolute atomic E-state index is 13.0. The van der Waals surface area contributed by atoms with Crippen molar-refractivity contribution in [1.29, 1.82) is 0 Å². The van der Waals surface area contributed by atoms with E-state index < -0.39 is 97.5 Å². The van der Waals surface area contributed by atoms with Crippen LogP contribution in [0.3, 0.4) is 0 Å². The lowest BCUT2D eigenvalue weighted by Gasteiger charge is -2.21. The largest absolute Gasteiger partial charge is 0.472 e. The second kappa shape index (κ2) is 64.1. The standard InChI is InChI=1S/C72H140O17P2/c1-7-9-11-13-15-17-18-19-20-21-22-23-24-25-31-38-44-50-56-71(76)88-68(61-83-70(75)55-49-43-37-32-26-29-34-40-46-52-64(3)4)63-87-91(80,81)85-59-66(73)58-84-90(78,79)86-62-67(60-82-69(74)54-48-42-36-28-16-14-12-10-8-2)89-72(77)57-51-45-39-33-27-30-35-41-47-53-65(5)6/h64-68,73H,7-63H2,1-6H3,(H,78,79)(H,80,81)/t66-,67+,68+/m0/s1. The van der Waals surface area contributed by atoms with Gasteiger partial charge in [0.15, 0.2) is 12.2 Å². The molecule has 17 nitrogen and oxygen atoms in total. The topological polar surface area (TPSA) is 237 Å². The average Bonchev–Trinajstić information content (AvgIpc) is 3.72. The van der Waals surface area contributed by atoms with E-state index in [9.17, 15) is 43.2 Å². The van der Waals surface area contributed by atoms with Crippen LogP contribution in [-0.2, 0) is 65.4 Å². The molecule has 540 valence electrons. The molecule has 0 bridgehead atoms. The minimum Gasteiger partial charge on any atom is -0.462 e. The first kappa shape index (κ1) is 89.1. The molecule has 5 atom stereocenters. The maximum atomic E-state index is 13.0. The van der Waals surface area contributed by atoms with Crippen molar-refractivity contribution in [3.63, 3.8) is 0 Å². The zero-order chi connectivity index (χ0) is 67.2. The van der Waals surface area contributed by atoms with Gasteiger partial charge in [0.05, 0.1) is 26.4 Å². The van der Waals surface area contributed by atoms with E-state index in [1.54, 1.807) is 0 Å². The number of ether oxygens (including phenoxy) is 4. The van der Waals surface area contributed by atoms with E-state index in [1.165, 1.54) is 186 Å². The zero-order valence-corrected chi connectivity index (χ0v) is 60.9. The molecule has 3 N–H and O–H groups in total. The van der Waals surface area contributed by atoms with Crippen molar-refractivity contribution in [1.82, 2.24) is 0 Å². The predicted molar refractivity (Wildman–Crippen MR) is 368 cm³/mol. The number of unbranched alkanes of at least 4 members (excludes halogenated alkanes) is 41. The summed E-state index contributed by atoms with van der Waals surface area (Å²) in [6.07, 6.45) is 50.0. The van der Waals surface area contributed by atoms with Gasteiger partial charge in [0, 0.05) is 25.7 Å². The summed E-state index contributed by atoms with van der Waals surface area (Å²) in [6, 6.07) is 0. The van der Waals surface area contributed by atoms with Crippen LogP contribution in [0, 0.1) is 11.8 Å². The van der Waals surface area contributed by atoms with E-state index in [0.717, 1.165) is 102 Å². The first-order valence-corrected chi connectivity index (χ1v) is 40.5. The monoisotopic (exact) mass is 1340 g/mol. The van der Waals surface area contributed by atoms with Gasteiger partial charge in [-0.05, 0) is 37.5 Å². The number of aliphatic hydroxyl groups excluding tert-OH is 1. The van der Waals surface area contributed by atoms with Gasteiger partial charge in [0.2, 0.25) is 0 Å². The molecule has 0 saturated heterocycles. The average molecular weight is 1340 g/mol. The fraction of sp³-hybridized carbons (Fsp3) is 0.944. The Hall–Kier alpha value is -1.94. The molecule has 0 spiro atoms. The summed E-state index contributed by atoms with van der Waals surface area (Å²) in [5.41, 5.74) is 0. The summed E-state index contributed by atoms with van der Waals surface area (Å²) in [7, 11) is -9.90. The molecule has 0 radical (unpaired) electrons. The highest BCUT2D eigenvalue weighted by atomic mass is 31.2. The minimum atomic E-state index is -4.95. The molecular weight excluding hydrogens is 1200 g/mol. The van der Waals surface area contributed by atoms with Crippen molar-refractivity contribution in [3.05, 3.63) is 0 Å². The number of carbonyl (C=O) groups excluding carboxylic acids is 4. The van der Waals surface area contributed by atoms with E-state index in [-0.39, 0.29) is 25.7 Å². The van der Waals surface area contributed by atoms with Gasteiger partial charge in [0.25, 0.3) is 0 Å². The van der Waals surface area contributed by atoms with Crippen LogP contribution in [0.15, 0.2) is 0 Å². The summed E-state index contributed by atoms with van der Waals surface area (Å²) >= 11 is 0. The van der Waals surface area contributed by atoms with Crippen molar-refractivity contribution in [2.75, 3.05) is 39.6 Å². The number of rotatable bonds is 71. The first-order chi connectivity index (χ1) is 43.9. The third kappa shape index (κ3) is 66.5. The Morgan fingerprint density at radius 3 is 0.747 bits per heavy atom. The fourth-order valence-electron chi connectivity index (χ4n) is 10.9. The van der Waals surface area contributed by atoms with Crippen LogP contribution in [0.1, 0.15) is 369 Å². The molecule has 0 aromatic heterocycles. The lowest BCUT2D eigenvalue weighted by Crippen LogP contribution is -2.30. The maximum Gasteiger partial charge on any atom is 0.472 e. The highest BCUT2D eigenvalue weighted by Gasteiger charge is 2.30. The second-order valence-electron chi connectivity index (χ2n) is 26.9. The number of aliphatic hydroxyl groups is 1. The normalized spacial score (nSPS) is 14.1. The molecule has 0 aliphatic rings. The molecular formula is C72H140O17P2. The number of esters is 4. The van der Waals surface area contributed by atoms with Gasteiger partial charge in [-0.1, -0.05) is 318 Å². The van der Waals surface area contributed by atoms with Gasteiger partial charge in [-0.25, -0.2) is 9.13 Å². The molecule has 0 fully saturated rings. The molecule has 0 aromatic carbocycles. The highest BCUT2D eigenvalue weighted by Crippen LogP contribution is 2.45. The molecule has 91 heavy (non-hydrogen) atoms. The molecule has 2 unspecified atom stereocenters. The highest BCUT2D eigenvalue weighted by molar-refractivity contribution is 7.47. The van der Waals surface area contributed by atoms with E-state index >= 15 is 0 Å². The summed E-state index contributed by atoms with van der Waals surface area (Å²) in [5.74, 6) is -0.643. The molecule has 0 saturated carbocycles. The van der Waals surface area contributed by atoms with E-state index in [4.69, 9.17) is 37.0 Å². The smallest absolute Gasteiger partial charge is 0.462 e. The van der Waals surface area contributed by atoms with E-state index in [1.807, 2.05) is 0 Å². The third-order valence-electron chi connectivity index (χ3n) is 16.7. The molecule has 19 heteroatoms. The van der Waals surface area contributed by atoms with Crippen LogP contribution in [0.2, 0.25) is 0 Å². The zero-order valence-electron chi connectivity index (χ0n) is 59.1. The summed E-state index contributed by atoms with van der Waals surface area (Å²) in [4.78, 5) is 72.6. The van der Waals surface area contributed by atoms with Gasteiger partial charge >= 0.3 is 39.5 Å². The second-order valence-corrected chi connectivity index (χ2v) is 29.8. The van der Waals surface area contributed by atoms with Crippen LogP contribution >= 0.6 is 15.6 Å². The SMILES string of the molecule is CCCCCCCCCCCCCCCCCCCCC(=O)O[C@H](COC(=O)CCCCCCCCCCCC(C)C)COP(=O)(O)OC[C@@H](O)COP(=O)(O)OC[C@@H](COC(=O)CCCCCCCCCCC)OC(=O)CCCCCCCCCCCC(C)C. The van der Waals surface area contributed by atoms with Gasteiger partial charge in [-0.2, -0.15) is 0 Å². The fourth-order valence-corrected chi connectivity index (χ4v) is 12.5. The Bertz CT molecular complexity index is 1770. The number of hydrogen-bond acceptors (Lipinski definition) is 15. The minimum absolute atomic E-state index is 0.105. The van der Waals surface area contributed by atoms with Crippen molar-refractivity contribution >= 4 is 39.5 Å². The summed E-state index contributed by atoms with van der Waals surface area (Å²) < 4.78 is 68.3. The molecule has 0 aromatic rings. The Morgan fingerprint density at radius 2 is 0.505 bits per heavy atom. The summed E-state index contributed by atoms with van der Waals surface area (Å²) in [5, 5.41) is 10.6. The van der Waals surface area contributed by atoms with Gasteiger partial charge in [0.1, 0.15) is 19.3 Å². The van der Waals surface area contributed by atoms with E-state index in [2.05, 4.69) is 41.5 Å². The Morgan fingerprint density at radius 1 is 0.297 bits per heavy atom. The molecule has 0 amide bonds. The Labute approximate surface area is 556 Å². The number of hydrogen-bond donors (Lipinski definition) is 3. The lowest BCUT2D eigenvalue weighted by atomic mass is 10.0. The van der Waals surface area contributed by atoms with Gasteiger partial charge in [-0.3, -0.25) is 37.3 Å². The van der Waals surface area contributed by atoms with Crippen molar-refractivity contribution in [2.24, 2.45) is 11.8 Å². The number of carbonyl (C=O) groups is 4.